The van der Waals surface area contributed by atoms with Crippen LogP contribution >= 0.6 is 15.9 Å². The van der Waals surface area contributed by atoms with E-state index >= 15 is 0 Å². The molecule has 0 radical (unpaired) electrons. The molecular weight excluding hydrogens is 230 g/mol. The zero-order valence-electron chi connectivity index (χ0n) is 7.55. The molecule has 0 aromatic heterocycles. The Labute approximate surface area is 86.8 Å². The molecule has 0 bridgehead atoms. The van der Waals surface area contributed by atoms with Crippen LogP contribution in [0.4, 0.5) is 0 Å². The summed E-state index contributed by atoms with van der Waals surface area (Å²) in [6.07, 6.45) is -0.159. The molecule has 4 heteroatoms. The third-order valence-corrected chi connectivity index (χ3v) is 2.19. The molecule has 72 valence electrons. The fraction of sp³-hybridized carbons (Fsp3) is 0.333. The lowest BCUT2D eigenvalue weighted by molar-refractivity contribution is 0.460. The van der Waals surface area contributed by atoms with Crippen LogP contribution in [0.5, 0.6) is 0 Å². The van der Waals surface area contributed by atoms with Crippen molar-refractivity contribution >= 4 is 15.9 Å². The van der Waals surface area contributed by atoms with Gasteiger partial charge in [0.2, 0.25) is 0 Å². The lowest BCUT2D eigenvalue weighted by atomic mass is 10.2. The highest BCUT2D eigenvalue weighted by Crippen LogP contribution is 2.13. The van der Waals surface area contributed by atoms with Crippen LogP contribution in [-0.4, -0.2) is 6.54 Å². The number of benzene rings is 1. The van der Waals surface area contributed by atoms with Crippen LogP contribution in [0.25, 0.3) is 0 Å². The van der Waals surface area contributed by atoms with E-state index in [2.05, 4.69) is 26.8 Å². The van der Waals surface area contributed by atoms with Gasteiger partial charge in [0.15, 0.2) is 0 Å². The molecule has 1 atom stereocenters. The van der Waals surface area contributed by atoms with Crippen molar-refractivity contribution in [3.63, 3.8) is 0 Å². The summed E-state index contributed by atoms with van der Waals surface area (Å²) in [6.45, 7) is 2.87. The smallest absolute Gasteiger partial charge is 0.0938 e. The molecule has 0 amide bonds. The van der Waals surface area contributed by atoms with Crippen molar-refractivity contribution in [3.05, 3.63) is 34.3 Å². The van der Waals surface area contributed by atoms with Gasteiger partial charge >= 0.3 is 0 Å². The molecule has 3 nitrogen and oxygen atoms in total. The number of hydrogen-bond donors (Lipinski definition) is 3. The molecule has 0 saturated carbocycles. The summed E-state index contributed by atoms with van der Waals surface area (Å²) in [7, 11) is 0. The normalized spacial score (nSPS) is 12.8. The van der Waals surface area contributed by atoms with Gasteiger partial charge < -0.3 is 5.73 Å². The van der Waals surface area contributed by atoms with Crippen LogP contribution in [0.3, 0.4) is 0 Å². The monoisotopic (exact) mass is 243 g/mol. The predicted molar refractivity (Wildman–Crippen MR) is 57.9 cm³/mol. The maximum Gasteiger partial charge on any atom is 0.0938 e. The van der Waals surface area contributed by atoms with Crippen LogP contribution in [-0.2, 0) is 0 Å². The summed E-state index contributed by atoms with van der Waals surface area (Å²) in [5.41, 5.74) is 12.9. The van der Waals surface area contributed by atoms with Crippen LogP contribution in [0.2, 0.25) is 0 Å². The number of rotatable bonds is 4. The molecule has 1 aromatic rings. The van der Waals surface area contributed by atoms with Crippen molar-refractivity contribution in [3.8, 4) is 0 Å². The van der Waals surface area contributed by atoms with E-state index in [-0.39, 0.29) is 6.17 Å². The van der Waals surface area contributed by atoms with Gasteiger partial charge in [0, 0.05) is 11.0 Å². The van der Waals surface area contributed by atoms with Gasteiger partial charge in [-0.15, -0.1) is 0 Å². The summed E-state index contributed by atoms with van der Waals surface area (Å²) in [6, 6.07) is 7.92. The Morgan fingerprint density at radius 2 is 2.00 bits per heavy atom. The topological polar surface area (TPSA) is 50.1 Å². The van der Waals surface area contributed by atoms with Crippen LogP contribution in [0.1, 0.15) is 18.7 Å². The van der Waals surface area contributed by atoms with Crippen molar-refractivity contribution in [2.24, 2.45) is 5.73 Å². The molecule has 0 aliphatic heterocycles. The summed E-state index contributed by atoms with van der Waals surface area (Å²) >= 11 is 3.37. The molecule has 0 spiro atoms. The second-order valence-corrected chi connectivity index (χ2v) is 3.62. The zero-order chi connectivity index (χ0) is 9.68. The predicted octanol–water partition coefficient (Wildman–Crippen LogP) is 1.52. The first kappa shape index (κ1) is 10.7. The molecule has 0 fully saturated rings. The molecule has 0 aliphatic rings. The first-order valence-electron chi connectivity index (χ1n) is 4.23. The number of nitrogens with one attached hydrogen (secondary N) is 2. The minimum Gasteiger partial charge on any atom is -0.311 e. The summed E-state index contributed by atoms with van der Waals surface area (Å²) < 4.78 is 1.06. The molecule has 1 unspecified atom stereocenters. The quantitative estimate of drug-likeness (QED) is 0.556. The Balaban J connectivity index is 2.55. The highest BCUT2D eigenvalue weighted by Gasteiger charge is 2.02. The molecule has 4 N–H and O–H groups in total. The van der Waals surface area contributed by atoms with Gasteiger partial charge in [-0.2, -0.15) is 0 Å². The maximum absolute atomic E-state index is 5.84. The average Bonchev–Trinajstić information content (AvgIpc) is 2.15. The van der Waals surface area contributed by atoms with Gasteiger partial charge in [-0.1, -0.05) is 35.0 Å². The molecule has 0 saturated heterocycles. The summed E-state index contributed by atoms with van der Waals surface area (Å²) in [5, 5.41) is 0. The third kappa shape index (κ3) is 3.44. The first-order valence-corrected chi connectivity index (χ1v) is 5.02. The Bertz CT molecular complexity index is 248. The number of halogens is 1. The minimum atomic E-state index is -0.159. The fourth-order valence-corrected chi connectivity index (χ4v) is 1.23. The molecular formula is C9H14BrN3. The third-order valence-electron chi connectivity index (χ3n) is 1.66. The van der Waals surface area contributed by atoms with Gasteiger partial charge in [-0.25, -0.2) is 5.43 Å². The number of hydrazine groups is 1. The van der Waals surface area contributed by atoms with E-state index in [1.54, 1.807) is 0 Å². The molecule has 1 rings (SSSR count). The van der Waals surface area contributed by atoms with E-state index < -0.39 is 0 Å². The van der Waals surface area contributed by atoms with Gasteiger partial charge in [0.25, 0.3) is 0 Å². The van der Waals surface area contributed by atoms with E-state index in [1.807, 2.05) is 31.2 Å². The van der Waals surface area contributed by atoms with Gasteiger partial charge in [-0.05, 0) is 17.7 Å². The van der Waals surface area contributed by atoms with E-state index in [0.29, 0.717) is 0 Å². The molecule has 13 heavy (non-hydrogen) atoms. The molecule has 0 heterocycles. The van der Waals surface area contributed by atoms with E-state index in [4.69, 9.17) is 5.73 Å². The largest absolute Gasteiger partial charge is 0.311 e. The maximum atomic E-state index is 5.84. The minimum absolute atomic E-state index is 0.159. The highest BCUT2D eigenvalue weighted by molar-refractivity contribution is 9.10. The van der Waals surface area contributed by atoms with Crippen molar-refractivity contribution < 1.29 is 0 Å². The lowest BCUT2D eigenvalue weighted by Crippen LogP contribution is -2.39. The SMILES string of the molecule is CCNNC(N)c1ccc(Br)cc1. The summed E-state index contributed by atoms with van der Waals surface area (Å²) in [5.74, 6) is 0. The van der Waals surface area contributed by atoms with Gasteiger partial charge in [0.05, 0.1) is 6.17 Å². The Hall–Kier alpha value is -0.420. The van der Waals surface area contributed by atoms with Gasteiger partial charge in [0.1, 0.15) is 0 Å². The van der Waals surface area contributed by atoms with Crippen LogP contribution in [0.15, 0.2) is 28.7 Å². The standard InChI is InChI=1S/C9H14BrN3/c1-2-12-13-9(11)7-3-5-8(10)6-4-7/h3-6,9,12-13H,2,11H2,1H3. The highest BCUT2D eigenvalue weighted by atomic mass is 79.9. The molecule has 1 aromatic carbocycles. The van der Waals surface area contributed by atoms with Crippen LogP contribution in [0, 0.1) is 0 Å². The van der Waals surface area contributed by atoms with Crippen molar-refractivity contribution in [2.75, 3.05) is 6.54 Å². The molecule has 0 aliphatic carbocycles. The number of hydrogen-bond acceptors (Lipinski definition) is 3. The van der Waals surface area contributed by atoms with Crippen molar-refractivity contribution in [1.29, 1.82) is 0 Å². The Kier molecular flexibility index (Phi) is 4.38. The Morgan fingerprint density at radius 1 is 1.38 bits per heavy atom. The van der Waals surface area contributed by atoms with E-state index in [9.17, 15) is 0 Å². The van der Waals surface area contributed by atoms with E-state index in [1.165, 1.54) is 0 Å². The average molecular weight is 244 g/mol. The van der Waals surface area contributed by atoms with Gasteiger partial charge in [-0.3, -0.25) is 5.43 Å². The Morgan fingerprint density at radius 3 is 2.54 bits per heavy atom. The van der Waals surface area contributed by atoms with E-state index in [0.717, 1.165) is 16.6 Å². The lowest BCUT2D eigenvalue weighted by Gasteiger charge is -2.14. The zero-order valence-corrected chi connectivity index (χ0v) is 9.14. The summed E-state index contributed by atoms with van der Waals surface area (Å²) in [4.78, 5) is 0. The first-order chi connectivity index (χ1) is 6.24. The second kappa shape index (κ2) is 5.34. The second-order valence-electron chi connectivity index (χ2n) is 2.70. The van der Waals surface area contributed by atoms with Crippen molar-refractivity contribution in [1.82, 2.24) is 10.9 Å². The fourth-order valence-electron chi connectivity index (χ4n) is 0.965. The van der Waals surface area contributed by atoms with Crippen molar-refractivity contribution in [2.45, 2.75) is 13.1 Å². The van der Waals surface area contributed by atoms with Crippen LogP contribution < -0.4 is 16.6 Å². The number of nitrogens with two attached hydrogens (primary N) is 1.